The van der Waals surface area contributed by atoms with Crippen LogP contribution in [0.5, 0.6) is 0 Å². The first-order valence-corrected chi connectivity index (χ1v) is 7.79. The molecular weight excluding hydrogens is 270 g/mol. The molecule has 2 unspecified atom stereocenters. The van der Waals surface area contributed by atoms with Gasteiger partial charge in [-0.05, 0) is 45.7 Å². The molecule has 0 bridgehead atoms. The number of urea groups is 1. The van der Waals surface area contributed by atoms with E-state index in [1.165, 1.54) is 0 Å². The number of hydrogen-bond donors (Lipinski definition) is 2. The topological polar surface area (TPSA) is 72.9 Å². The van der Waals surface area contributed by atoms with Crippen molar-refractivity contribution >= 4 is 12.0 Å². The van der Waals surface area contributed by atoms with Gasteiger partial charge in [-0.2, -0.15) is 0 Å². The molecule has 0 aromatic carbocycles. The molecule has 2 N–H and O–H groups in total. The fourth-order valence-electron chi connectivity index (χ4n) is 3.24. The van der Waals surface area contributed by atoms with E-state index in [-0.39, 0.29) is 12.1 Å². The first-order valence-electron chi connectivity index (χ1n) is 7.79. The van der Waals surface area contributed by atoms with Crippen molar-refractivity contribution in [2.75, 3.05) is 33.2 Å². The van der Waals surface area contributed by atoms with Gasteiger partial charge in [-0.25, -0.2) is 4.79 Å². The van der Waals surface area contributed by atoms with E-state index in [0.717, 1.165) is 19.5 Å². The van der Waals surface area contributed by atoms with Crippen molar-refractivity contribution in [3.63, 3.8) is 0 Å². The summed E-state index contributed by atoms with van der Waals surface area (Å²) < 4.78 is 0. The molecule has 6 nitrogen and oxygen atoms in total. The lowest BCUT2D eigenvalue weighted by Gasteiger charge is -2.39. The maximum absolute atomic E-state index is 12.3. The number of carbonyl (C=O) groups is 2. The van der Waals surface area contributed by atoms with Gasteiger partial charge in [0.1, 0.15) is 0 Å². The predicted molar refractivity (Wildman–Crippen MR) is 80.1 cm³/mol. The molecule has 2 heterocycles. The van der Waals surface area contributed by atoms with Gasteiger partial charge in [-0.1, -0.05) is 6.92 Å². The highest BCUT2D eigenvalue weighted by Crippen LogP contribution is 2.31. The minimum Gasteiger partial charge on any atom is -0.481 e. The minimum atomic E-state index is -0.758. The van der Waals surface area contributed by atoms with Crippen LogP contribution in [0.2, 0.25) is 0 Å². The van der Waals surface area contributed by atoms with Gasteiger partial charge in [0.15, 0.2) is 0 Å². The Morgan fingerprint density at radius 1 is 1.24 bits per heavy atom. The fraction of sp³-hybridized carbons (Fsp3) is 0.867. The maximum atomic E-state index is 12.3. The molecule has 0 aliphatic carbocycles. The van der Waals surface area contributed by atoms with Gasteiger partial charge in [-0.3, -0.25) is 4.79 Å². The fourth-order valence-corrected chi connectivity index (χ4v) is 3.24. The summed E-state index contributed by atoms with van der Waals surface area (Å²) in [5.41, 5.74) is -0.683. The van der Waals surface area contributed by atoms with E-state index >= 15 is 0 Å². The lowest BCUT2D eigenvalue weighted by atomic mass is 9.80. The molecule has 0 aromatic rings. The molecule has 2 amide bonds. The van der Waals surface area contributed by atoms with Crippen molar-refractivity contribution in [3.8, 4) is 0 Å². The molecule has 2 atom stereocenters. The Morgan fingerprint density at radius 2 is 1.86 bits per heavy atom. The van der Waals surface area contributed by atoms with Crippen molar-refractivity contribution in [3.05, 3.63) is 0 Å². The van der Waals surface area contributed by atoms with Crippen molar-refractivity contribution < 1.29 is 14.7 Å². The number of carboxylic acids is 1. The molecule has 120 valence electrons. The summed E-state index contributed by atoms with van der Waals surface area (Å²) in [5.74, 6) is -0.312. The van der Waals surface area contributed by atoms with Gasteiger partial charge in [0.2, 0.25) is 0 Å². The summed E-state index contributed by atoms with van der Waals surface area (Å²) in [6.07, 6.45) is 2.03. The largest absolute Gasteiger partial charge is 0.481 e. The van der Waals surface area contributed by atoms with Crippen molar-refractivity contribution in [1.29, 1.82) is 0 Å². The Kier molecular flexibility index (Phi) is 4.76. The van der Waals surface area contributed by atoms with E-state index in [9.17, 15) is 14.7 Å². The molecule has 2 rings (SSSR count). The highest BCUT2D eigenvalue weighted by Gasteiger charge is 2.38. The molecule has 0 saturated carbocycles. The smallest absolute Gasteiger partial charge is 0.317 e. The molecule has 0 spiro atoms. The van der Waals surface area contributed by atoms with E-state index in [1.807, 2.05) is 0 Å². The maximum Gasteiger partial charge on any atom is 0.317 e. The Balaban J connectivity index is 1.84. The van der Waals surface area contributed by atoms with E-state index in [0.29, 0.717) is 31.8 Å². The Hall–Kier alpha value is -1.30. The molecule has 21 heavy (non-hydrogen) atoms. The number of nitrogens with one attached hydrogen (secondary N) is 1. The molecule has 0 aromatic heterocycles. The molecular formula is C15H27N3O3. The average Bonchev–Trinajstić information content (AvgIpc) is 2.42. The van der Waals surface area contributed by atoms with Crippen LogP contribution in [0, 0.1) is 11.3 Å². The first kappa shape index (κ1) is 16.1. The quantitative estimate of drug-likeness (QED) is 0.804. The van der Waals surface area contributed by atoms with Crippen LogP contribution in [0.4, 0.5) is 4.79 Å². The van der Waals surface area contributed by atoms with Gasteiger partial charge in [0.05, 0.1) is 5.41 Å². The Bertz CT molecular complexity index is 405. The van der Waals surface area contributed by atoms with Crippen LogP contribution >= 0.6 is 0 Å². The number of carboxylic acid groups (broad SMARTS) is 1. The van der Waals surface area contributed by atoms with Gasteiger partial charge in [0.25, 0.3) is 0 Å². The van der Waals surface area contributed by atoms with Crippen LogP contribution in [0.15, 0.2) is 0 Å². The third-order valence-electron chi connectivity index (χ3n) is 5.09. The summed E-state index contributed by atoms with van der Waals surface area (Å²) in [7, 11) is 2.10. The highest BCUT2D eigenvalue weighted by atomic mass is 16.4. The summed E-state index contributed by atoms with van der Waals surface area (Å²) in [6, 6.07) is 0.185. The first-order chi connectivity index (χ1) is 9.82. The third kappa shape index (κ3) is 3.67. The molecule has 2 aliphatic rings. The molecule has 2 saturated heterocycles. The number of rotatable bonds is 2. The average molecular weight is 297 g/mol. The second kappa shape index (κ2) is 6.22. The van der Waals surface area contributed by atoms with E-state index < -0.39 is 11.4 Å². The monoisotopic (exact) mass is 297 g/mol. The number of carbonyl (C=O) groups excluding carboxylic acids is 1. The third-order valence-corrected chi connectivity index (χ3v) is 5.09. The number of piperidine rings is 2. The standard InChI is InChI=1S/C15H27N3O3/c1-11-10-17(3)7-4-12(11)16-14(21)18-8-5-15(2,6-9-18)13(19)20/h11-12H,4-10H2,1-3H3,(H,16,21)(H,19,20). The Morgan fingerprint density at radius 3 is 2.38 bits per heavy atom. The van der Waals surface area contributed by atoms with Crippen LogP contribution in [0.3, 0.4) is 0 Å². The SMILES string of the molecule is CC1CN(C)CCC1NC(=O)N1CCC(C)(C(=O)O)CC1. The van der Waals surface area contributed by atoms with Gasteiger partial charge >= 0.3 is 12.0 Å². The lowest BCUT2D eigenvalue weighted by Crippen LogP contribution is -2.54. The second-order valence-electron chi connectivity index (χ2n) is 6.94. The predicted octanol–water partition coefficient (Wildman–Crippen LogP) is 1.22. The summed E-state index contributed by atoms with van der Waals surface area (Å²) >= 11 is 0. The van der Waals surface area contributed by atoms with Gasteiger partial charge in [-0.15, -0.1) is 0 Å². The summed E-state index contributed by atoms with van der Waals surface area (Å²) in [5, 5.41) is 12.3. The number of amides is 2. The highest BCUT2D eigenvalue weighted by molar-refractivity contribution is 5.77. The van der Waals surface area contributed by atoms with Crippen molar-refractivity contribution in [2.24, 2.45) is 11.3 Å². The zero-order valence-corrected chi connectivity index (χ0v) is 13.3. The summed E-state index contributed by atoms with van der Waals surface area (Å²) in [6.45, 7) is 6.99. The molecule has 2 aliphatic heterocycles. The zero-order valence-electron chi connectivity index (χ0n) is 13.3. The zero-order chi connectivity index (χ0) is 15.6. The van der Waals surface area contributed by atoms with E-state index in [4.69, 9.17) is 0 Å². The van der Waals surface area contributed by atoms with E-state index in [2.05, 4.69) is 24.2 Å². The van der Waals surface area contributed by atoms with E-state index in [1.54, 1.807) is 11.8 Å². The lowest BCUT2D eigenvalue weighted by molar-refractivity contribution is -0.150. The van der Waals surface area contributed by atoms with Gasteiger partial charge < -0.3 is 20.2 Å². The molecule has 2 fully saturated rings. The van der Waals surface area contributed by atoms with Crippen LogP contribution in [-0.4, -0.2) is 66.2 Å². The number of likely N-dealkylation sites (tertiary alicyclic amines) is 2. The number of aliphatic carboxylic acids is 1. The normalized spacial score (nSPS) is 30.0. The molecule has 6 heteroatoms. The van der Waals surface area contributed by atoms with Crippen molar-refractivity contribution in [1.82, 2.24) is 15.1 Å². The number of nitrogens with zero attached hydrogens (tertiary/aromatic N) is 2. The van der Waals surface area contributed by atoms with Crippen LogP contribution in [-0.2, 0) is 4.79 Å². The van der Waals surface area contributed by atoms with Crippen LogP contribution < -0.4 is 5.32 Å². The second-order valence-corrected chi connectivity index (χ2v) is 6.94. The van der Waals surface area contributed by atoms with Crippen LogP contribution in [0.1, 0.15) is 33.1 Å². The summed E-state index contributed by atoms with van der Waals surface area (Å²) in [4.78, 5) is 27.6. The molecule has 0 radical (unpaired) electrons. The van der Waals surface area contributed by atoms with Crippen LogP contribution in [0.25, 0.3) is 0 Å². The Labute approximate surface area is 126 Å². The minimum absolute atomic E-state index is 0.0381. The number of hydrogen-bond acceptors (Lipinski definition) is 3. The van der Waals surface area contributed by atoms with Crippen molar-refractivity contribution in [2.45, 2.75) is 39.2 Å². The van der Waals surface area contributed by atoms with Gasteiger partial charge in [0, 0.05) is 25.7 Å².